The van der Waals surface area contributed by atoms with Crippen LogP contribution in [-0.2, 0) is 16.1 Å². The smallest absolute Gasteiger partial charge is 0.342 e. The summed E-state index contributed by atoms with van der Waals surface area (Å²) in [6, 6.07) is 24.2. The summed E-state index contributed by atoms with van der Waals surface area (Å²) in [7, 11) is 1.22. The van der Waals surface area contributed by atoms with Crippen LogP contribution < -0.4 is 10.3 Å². The van der Waals surface area contributed by atoms with E-state index >= 15 is 0 Å². The highest BCUT2D eigenvalue weighted by Gasteiger charge is 2.23. The molecule has 0 unspecified atom stereocenters. The number of hydrogen-bond acceptors (Lipinski definition) is 5. The van der Waals surface area contributed by atoms with E-state index in [1.54, 1.807) is 10.6 Å². The van der Waals surface area contributed by atoms with Gasteiger partial charge in [-0.2, -0.15) is 0 Å². The van der Waals surface area contributed by atoms with E-state index in [-0.39, 0.29) is 22.3 Å². The Morgan fingerprint density at radius 1 is 0.906 bits per heavy atom. The Morgan fingerprint density at radius 3 is 2.19 bits per heavy atom. The molecule has 0 aliphatic heterocycles. The van der Waals surface area contributed by atoms with Gasteiger partial charge in [0.05, 0.1) is 24.7 Å². The Bertz CT molecular complexity index is 1360. The zero-order valence-corrected chi connectivity index (χ0v) is 17.7. The van der Waals surface area contributed by atoms with Crippen LogP contribution in [0.2, 0.25) is 0 Å². The first kappa shape index (κ1) is 21.1. The molecule has 32 heavy (non-hydrogen) atoms. The van der Waals surface area contributed by atoms with Crippen LogP contribution in [0.25, 0.3) is 22.0 Å². The van der Waals surface area contributed by atoms with Gasteiger partial charge in [-0.15, -0.1) is 0 Å². The molecule has 0 radical (unpaired) electrons. The number of carbonyl (C=O) groups is 2. The third-order valence-corrected chi connectivity index (χ3v) is 5.14. The monoisotopic (exact) mass is 427 g/mol. The normalized spacial score (nSPS) is 10.7. The molecule has 0 bridgehead atoms. The van der Waals surface area contributed by atoms with Crippen molar-refractivity contribution in [2.75, 3.05) is 7.11 Å². The highest BCUT2D eigenvalue weighted by Crippen LogP contribution is 2.30. The topological polar surface area (TPSA) is 74.6 Å². The molecule has 1 aromatic heterocycles. The SMILES string of the molecule is COC(=O)c1c(OC(C)=O)ccc2cc(-c3ccccc3)n(Cc3ccccc3)c(=O)c12. The van der Waals surface area contributed by atoms with E-state index in [1.165, 1.54) is 20.1 Å². The van der Waals surface area contributed by atoms with Crippen molar-refractivity contribution >= 4 is 22.7 Å². The van der Waals surface area contributed by atoms with Crippen LogP contribution in [0, 0.1) is 0 Å². The van der Waals surface area contributed by atoms with Gasteiger partial charge in [-0.05, 0) is 28.6 Å². The first-order valence-corrected chi connectivity index (χ1v) is 10.1. The molecule has 1 heterocycles. The zero-order chi connectivity index (χ0) is 22.7. The van der Waals surface area contributed by atoms with Crippen molar-refractivity contribution in [3.63, 3.8) is 0 Å². The Kier molecular flexibility index (Phi) is 5.85. The number of aromatic nitrogens is 1. The highest BCUT2D eigenvalue weighted by molar-refractivity contribution is 6.07. The molecule has 0 saturated heterocycles. The molecule has 6 heteroatoms. The first-order chi connectivity index (χ1) is 15.5. The lowest BCUT2D eigenvalue weighted by Crippen LogP contribution is -2.25. The van der Waals surface area contributed by atoms with E-state index < -0.39 is 11.9 Å². The summed E-state index contributed by atoms with van der Waals surface area (Å²) in [6.45, 7) is 1.54. The number of hydrogen-bond donors (Lipinski definition) is 0. The third-order valence-electron chi connectivity index (χ3n) is 5.14. The largest absolute Gasteiger partial charge is 0.465 e. The third kappa shape index (κ3) is 4.03. The first-order valence-electron chi connectivity index (χ1n) is 10.1. The quantitative estimate of drug-likeness (QED) is 0.348. The van der Waals surface area contributed by atoms with Gasteiger partial charge in [0.15, 0.2) is 0 Å². The van der Waals surface area contributed by atoms with Crippen LogP contribution >= 0.6 is 0 Å². The standard InChI is InChI=1S/C26H21NO5/c1-17(28)32-22-14-13-20-15-21(19-11-7-4-8-12-19)27(16-18-9-5-3-6-10-18)25(29)23(20)24(22)26(30)31-2/h3-15H,16H2,1-2H3. The number of pyridine rings is 1. The number of rotatable bonds is 5. The van der Waals surface area contributed by atoms with E-state index in [9.17, 15) is 14.4 Å². The molecule has 6 nitrogen and oxygen atoms in total. The average Bonchev–Trinajstić information content (AvgIpc) is 2.81. The van der Waals surface area contributed by atoms with Crippen LogP contribution in [-0.4, -0.2) is 23.6 Å². The Labute approximate surface area is 184 Å². The van der Waals surface area contributed by atoms with Crippen LogP contribution in [0.15, 0.2) is 83.7 Å². The van der Waals surface area contributed by atoms with Crippen molar-refractivity contribution < 1.29 is 19.1 Å². The molecule has 0 aliphatic carbocycles. The fraction of sp³-hybridized carbons (Fsp3) is 0.115. The molecule has 4 aromatic rings. The summed E-state index contributed by atoms with van der Waals surface area (Å²) >= 11 is 0. The fourth-order valence-electron chi connectivity index (χ4n) is 3.74. The van der Waals surface area contributed by atoms with Crippen molar-refractivity contribution in [2.24, 2.45) is 0 Å². The van der Waals surface area contributed by atoms with Crippen molar-refractivity contribution in [3.05, 3.63) is 100 Å². The summed E-state index contributed by atoms with van der Waals surface area (Å²) in [4.78, 5) is 38.1. The zero-order valence-electron chi connectivity index (χ0n) is 17.7. The van der Waals surface area contributed by atoms with E-state index in [4.69, 9.17) is 9.47 Å². The van der Waals surface area contributed by atoms with Gasteiger partial charge in [0, 0.05) is 6.92 Å². The van der Waals surface area contributed by atoms with Gasteiger partial charge in [0.2, 0.25) is 0 Å². The molecule has 0 fully saturated rings. The van der Waals surface area contributed by atoms with Gasteiger partial charge in [-0.25, -0.2) is 4.79 Å². The van der Waals surface area contributed by atoms with Crippen LogP contribution in [0.3, 0.4) is 0 Å². The minimum absolute atomic E-state index is 0.00678. The van der Waals surface area contributed by atoms with Crippen molar-refractivity contribution in [3.8, 4) is 17.0 Å². The second-order valence-electron chi connectivity index (χ2n) is 7.26. The number of carbonyl (C=O) groups excluding carboxylic acids is 2. The number of nitrogens with zero attached hydrogens (tertiary/aromatic N) is 1. The lowest BCUT2D eigenvalue weighted by molar-refractivity contribution is -0.131. The number of esters is 2. The highest BCUT2D eigenvalue weighted by atomic mass is 16.5. The molecule has 0 atom stereocenters. The summed E-state index contributed by atoms with van der Waals surface area (Å²) in [5.74, 6) is -1.35. The summed E-state index contributed by atoms with van der Waals surface area (Å²) < 4.78 is 11.8. The van der Waals surface area contributed by atoms with Crippen LogP contribution in [0.4, 0.5) is 0 Å². The molecule has 4 rings (SSSR count). The minimum atomic E-state index is -0.748. The van der Waals surface area contributed by atoms with Gasteiger partial charge in [0.25, 0.3) is 5.56 Å². The van der Waals surface area contributed by atoms with Crippen molar-refractivity contribution in [2.45, 2.75) is 13.5 Å². The summed E-state index contributed by atoms with van der Waals surface area (Å²) in [5.41, 5.74) is 2.07. The maximum atomic E-state index is 13.8. The molecule has 0 aliphatic rings. The van der Waals surface area contributed by atoms with Crippen LogP contribution in [0.5, 0.6) is 5.75 Å². The minimum Gasteiger partial charge on any atom is -0.465 e. The molecule has 160 valence electrons. The van der Waals surface area contributed by atoms with Crippen molar-refractivity contribution in [1.82, 2.24) is 4.57 Å². The Balaban J connectivity index is 2.07. The average molecular weight is 427 g/mol. The molecule has 0 spiro atoms. The van der Waals surface area contributed by atoms with E-state index in [2.05, 4.69) is 0 Å². The number of methoxy groups -OCH3 is 1. The van der Waals surface area contributed by atoms with Gasteiger partial charge < -0.3 is 14.0 Å². The van der Waals surface area contributed by atoms with Gasteiger partial charge in [-0.1, -0.05) is 66.7 Å². The number of fused-ring (bicyclic) bond motifs is 1. The fourth-order valence-corrected chi connectivity index (χ4v) is 3.74. The predicted molar refractivity (Wildman–Crippen MR) is 122 cm³/mol. The van der Waals surface area contributed by atoms with E-state index in [1.807, 2.05) is 66.7 Å². The molecule has 3 aromatic carbocycles. The maximum absolute atomic E-state index is 13.8. The van der Waals surface area contributed by atoms with Crippen LogP contribution in [0.1, 0.15) is 22.8 Å². The van der Waals surface area contributed by atoms with Gasteiger partial charge >= 0.3 is 11.9 Å². The molecule has 0 saturated carbocycles. The second kappa shape index (κ2) is 8.89. The van der Waals surface area contributed by atoms with Crippen molar-refractivity contribution in [1.29, 1.82) is 0 Å². The number of benzene rings is 3. The number of ether oxygens (including phenoxy) is 2. The van der Waals surface area contributed by atoms with Gasteiger partial charge in [-0.3, -0.25) is 9.59 Å². The second-order valence-corrected chi connectivity index (χ2v) is 7.26. The summed E-state index contributed by atoms with van der Waals surface area (Å²) in [6.07, 6.45) is 0. The Morgan fingerprint density at radius 2 is 1.56 bits per heavy atom. The lowest BCUT2D eigenvalue weighted by atomic mass is 10.0. The Hall–Kier alpha value is -4.19. The molecule has 0 amide bonds. The van der Waals surface area contributed by atoms with E-state index in [0.717, 1.165) is 11.1 Å². The molecular weight excluding hydrogens is 406 g/mol. The van der Waals surface area contributed by atoms with Gasteiger partial charge in [0.1, 0.15) is 11.3 Å². The summed E-state index contributed by atoms with van der Waals surface area (Å²) in [5, 5.41) is 0.695. The van der Waals surface area contributed by atoms with E-state index in [0.29, 0.717) is 17.6 Å². The molecule has 0 N–H and O–H groups in total. The molecular formula is C26H21NO5. The maximum Gasteiger partial charge on any atom is 0.342 e. The lowest BCUT2D eigenvalue weighted by Gasteiger charge is -2.17. The predicted octanol–water partition coefficient (Wildman–Crippen LogP) is 4.43.